The molecule has 1 fully saturated rings. The molecule has 1 aromatic carbocycles. The fraction of sp³-hybridized carbons (Fsp3) is 0.462. The highest BCUT2D eigenvalue weighted by Crippen LogP contribution is 2.21. The van der Waals surface area contributed by atoms with Gasteiger partial charge in [0.15, 0.2) is 0 Å². The van der Waals surface area contributed by atoms with Crippen LogP contribution < -0.4 is 10.6 Å². The molecule has 0 saturated carbocycles. The van der Waals surface area contributed by atoms with E-state index in [4.69, 9.17) is 0 Å². The molecule has 1 amide bonds. The SMILES string of the molecule is CC1CCNC(C(=O)Nc2ccc(Br)cc2F)C1. The van der Waals surface area contributed by atoms with Crippen molar-refractivity contribution in [2.75, 3.05) is 11.9 Å². The molecule has 2 N–H and O–H groups in total. The number of carbonyl (C=O) groups is 1. The molecule has 0 bridgehead atoms. The summed E-state index contributed by atoms with van der Waals surface area (Å²) in [5.41, 5.74) is 0.225. The molecule has 1 aromatic rings. The number of rotatable bonds is 2. The van der Waals surface area contributed by atoms with Gasteiger partial charge in [-0.1, -0.05) is 22.9 Å². The lowest BCUT2D eigenvalue weighted by atomic mass is 9.94. The molecule has 0 aliphatic carbocycles. The topological polar surface area (TPSA) is 41.1 Å². The summed E-state index contributed by atoms with van der Waals surface area (Å²) in [5, 5.41) is 5.79. The van der Waals surface area contributed by atoms with E-state index in [1.807, 2.05) is 0 Å². The molecular formula is C13H16BrFN2O. The number of piperidine rings is 1. The molecule has 5 heteroatoms. The van der Waals surface area contributed by atoms with E-state index in [0.29, 0.717) is 10.4 Å². The minimum atomic E-state index is -0.429. The van der Waals surface area contributed by atoms with E-state index in [1.165, 1.54) is 6.07 Å². The van der Waals surface area contributed by atoms with E-state index >= 15 is 0 Å². The molecule has 18 heavy (non-hydrogen) atoms. The van der Waals surface area contributed by atoms with Crippen molar-refractivity contribution in [3.8, 4) is 0 Å². The molecule has 98 valence electrons. The lowest BCUT2D eigenvalue weighted by molar-refractivity contribution is -0.119. The molecule has 1 aliphatic heterocycles. The van der Waals surface area contributed by atoms with Crippen LogP contribution in [0.3, 0.4) is 0 Å². The van der Waals surface area contributed by atoms with Gasteiger partial charge in [0.05, 0.1) is 11.7 Å². The van der Waals surface area contributed by atoms with Gasteiger partial charge in [-0.15, -0.1) is 0 Å². The van der Waals surface area contributed by atoms with Crippen molar-refractivity contribution in [1.82, 2.24) is 5.32 Å². The van der Waals surface area contributed by atoms with Crippen LogP contribution in [0, 0.1) is 11.7 Å². The van der Waals surface area contributed by atoms with Crippen molar-refractivity contribution in [2.24, 2.45) is 5.92 Å². The first kappa shape index (κ1) is 13.5. The highest BCUT2D eigenvalue weighted by molar-refractivity contribution is 9.10. The Morgan fingerprint density at radius 2 is 2.33 bits per heavy atom. The number of anilines is 1. The normalized spacial score (nSPS) is 23.7. The monoisotopic (exact) mass is 314 g/mol. The van der Waals surface area contributed by atoms with E-state index in [2.05, 4.69) is 33.5 Å². The third-order valence-corrected chi connectivity index (χ3v) is 3.66. The number of halogens is 2. The largest absolute Gasteiger partial charge is 0.322 e. The minimum Gasteiger partial charge on any atom is -0.322 e. The van der Waals surface area contributed by atoms with Crippen LogP contribution in [0.15, 0.2) is 22.7 Å². The summed E-state index contributed by atoms with van der Waals surface area (Å²) >= 11 is 3.18. The van der Waals surface area contributed by atoms with E-state index in [1.54, 1.807) is 12.1 Å². The Morgan fingerprint density at radius 3 is 3.00 bits per heavy atom. The van der Waals surface area contributed by atoms with Crippen LogP contribution in [0.2, 0.25) is 0 Å². The van der Waals surface area contributed by atoms with Crippen molar-refractivity contribution >= 4 is 27.5 Å². The highest BCUT2D eigenvalue weighted by atomic mass is 79.9. The molecular weight excluding hydrogens is 299 g/mol. The number of amides is 1. The summed E-state index contributed by atoms with van der Waals surface area (Å²) in [7, 11) is 0. The van der Waals surface area contributed by atoms with Crippen LogP contribution in [0.1, 0.15) is 19.8 Å². The van der Waals surface area contributed by atoms with Gasteiger partial charge in [0, 0.05) is 4.47 Å². The van der Waals surface area contributed by atoms with Crippen molar-refractivity contribution in [3.63, 3.8) is 0 Å². The second-order valence-corrected chi connectivity index (χ2v) is 5.67. The van der Waals surface area contributed by atoms with Crippen molar-refractivity contribution < 1.29 is 9.18 Å². The van der Waals surface area contributed by atoms with Crippen molar-refractivity contribution in [1.29, 1.82) is 0 Å². The molecule has 1 heterocycles. The molecule has 2 unspecified atom stereocenters. The Hall–Kier alpha value is -0.940. The van der Waals surface area contributed by atoms with Gasteiger partial charge in [0.25, 0.3) is 0 Å². The van der Waals surface area contributed by atoms with E-state index in [-0.39, 0.29) is 17.6 Å². The first-order valence-corrected chi connectivity index (χ1v) is 6.85. The molecule has 2 rings (SSSR count). The Bertz CT molecular complexity index is 453. The maximum atomic E-state index is 13.6. The first-order chi connectivity index (χ1) is 8.56. The summed E-state index contributed by atoms with van der Waals surface area (Å²) < 4.78 is 14.2. The summed E-state index contributed by atoms with van der Waals surface area (Å²) in [6, 6.07) is 4.38. The van der Waals surface area contributed by atoms with Gasteiger partial charge in [0.1, 0.15) is 5.82 Å². The molecule has 0 radical (unpaired) electrons. The molecule has 0 spiro atoms. The third-order valence-electron chi connectivity index (χ3n) is 3.17. The van der Waals surface area contributed by atoms with Crippen molar-refractivity contribution in [3.05, 3.63) is 28.5 Å². The Balaban J connectivity index is 2.02. The van der Waals surface area contributed by atoms with Crippen LogP contribution >= 0.6 is 15.9 Å². The average Bonchev–Trinajstić information content (AvgIpc) is 2.32. The van der Waals surface area contributed by atoms with Crippen LogP contribution in [-0.2, 0) is 4.79 Å². The van der Waals surface area contributed by atoms with Gasteiger partial charge in [-0.05, 0) is 43.5 Å². The minimum absolute atomic E-state index is 0.164. The van der Waals surface area contributed by atoms with E-state index < -0.39 is 5.82 Å². The van der Waals surface area contributed by atoms with Gasteiger partial charge < -0.3 is 10.6 Å². The Labute approximate surface area is 114 Å². The molecule has 3 nitrogen and oxygen atoms in total. The van der Waals surface area contributed by atoms with Gasteiger partial charge in [-0.3, -0.25) is 4.79 Å². The Morgan fingerprint density at radius 1 is 1.56 bits per heavy atom. The standard InChI is InChI=1S/C13H16BrFN2O/c1-8-4-5-16-12(6-8)13(18)17-11-3-2-9(14)7-10(11)15/h2-3,7-8,12,16H,4-6H2,1H3,(H,17,18). The lowest BCUT2D eigenvalue weighted by Crippen LogP contribution is -2.45. The average molecular weight is 315 g/mol. The maximum Gasteiger partial charge on any atom is 0.241 e. The number of hydrogen-bond acceptors (Lipinski definition) is 2. The van der Waals surface area contributed by atoms with E-state index in [9.17, 15) is 9.18 Å². The quantitative estimate of drug-likeness (QED) is 0.881. The zero-order valence-corrected chi connectivity index (χ0v) is 11.8. The third kappa shape index (κ3) is 3.29. The van der Waals surface area contributed by atoms with Gasteiger partial charge in [-0.25, -0.2) is 4.39 Å². The first-order valence-electron chi connectivity index (χ1n) is 6.05. The van der Waals surface area contributed by atoms with Gasteiger partial charge in [-0.2, -0.15) is 0 Å². The zero-order chi connectivity index (χ0) is 13.1. The molecule has 1 aliphatic rings. The van der Waals surface area contributed by atoms with Crippen LogP contribution in [-0.4, -0.2) is 18.5 Å². The number of nitrogens with one attached hydrogen (secondary N) is 2. The summed E-state index contributed by atoms with van der Waals surface area (Å²) in [5.74, 6) is -0.0684. The smallest absolute Gasteiger partial charge is 0.241 e. The second-order valence-electron chi connectivity index (χ2n) is 4.75. The maximum absolute atomic E-state index is 13.6. The number of benzene rings is 1. The molecule has 1 saturated heterocycles. The summed E-state index contributed by atoms with van der Waals surface area (Å²) in [6.45, 7) is 2.96. The predicted octanol–water partition coefficient (Wildman–Crippen LogP) is 2.91. The predicted molar refractivity (Wildman–Crippen MR) is 72.9 cm³/mol. The fourth-order valence-corrected chi connectivity index (χ4v) is 2.45. The summed E-state index contributed by atoms with van der Waals surface area (Å²) in [6.07, 6.45) is 1.88. The van der Waals surface area contributed by atoms with Crippen LogP contribution in [0.4, 0.5) is 10.1 Å². The van der Waals surface area contributed by atoms with Gasteiger partial charge >= 0.3 is 0 Å². The zero-order valence-electron chi connectivity index (χ0n) is 10.2. The second kappa shape index (κ2) is 5.80. The Kier molecular flexibility index (Phi) is 4.35. The van der Waals surface area contributed by atoms with Crippen LogP contribution in [0.25, 0.3) is 0 Å². The summed E-state index contributed by atoms with van der Waals surface area (Å²) in [4.78, 5) is 12.0. The molecule has 2 atom stereocenters. The van der Waals surface area contributed by atoms with Crippen LogP contribution in [0.5, 0.6) is 0 Å². The molecule has 0 aromatic heterocycles. The van der Waals surface area contributed by atoms with Gasteiger partial charge in [0.2, 0.25) is 5.91 Å². The van der Waals surface area contributed by atoms with Crippen molar-refractivity contribution in [2.45, 2.75) is 25.8 Å². The highest BCUT2D eigenvalue weighted by Gasteiger charge is 2.24. The number of carbonyl (C=O) groups excluding carboxylic acids is 1. The fourth-order valence-electron chi connectivity index (χ4n) is 2.12. The van der Waals surface area contributed by atoms with E-state index in [0.717, 1.165) is 19.4 Å². The number of hydrogen-bond donors (Lipinski definition) is 2. The lowest BCUT2D eigenvalue weighted by Gasteiger charge is -2.27.